The molecule has 2 aliphatic rings. The first-order chi connectivity index (χ1) is 13.9. The van der Waals surface area contributed by atoms with Gasteiger partial charge < -0.3 is 5.32 Å². The number of nitrogens with zero attached hydrogens (tertiary/aromatic N) is 4. The lowest BCUT2D eigenvalue weighted by Crippen LogP contribution is -2.24. The molecule has 0 atom stereocenters. The molecule has 3 aromatic heterocycles. The predicted molar refractivity (Wildman–Crippen MR) is 115 cm³/mol. The summed E-state index contributed by atoms with van der Waals surface area (Å²) < 4.78 is 23.7. The topological polar surface area (TPSA) is 97.7 Å². The first-order valence-corrected chi connectivity index (χ1v) is 12.8. The van der Waals surface area contributed by atoms with Gasteiger partial charge in [-0.3, -0.25) is 4.98 Å². The van der Waals surface area contributed by atoms with Crippen LogP contribution in [0.15, 0.2) is 18.6 Å². The van der Waals surface area contributed by atoms with Gasteiger partial charge in [0.2, 0.25) is 0 Å². The van der Waals surface area contributed by atoms with Gasteiger partial charge in [0.1, 0.15) is 26.2 Å². The zero-order chi connectivity index (χ0) is 20.1. The minimum Gasteiger partial charge on any atom is -0.369 e. The second kappa shape index (κ2) is 6.98. The summed E-state index contributed by atoms with van der Waals surface area (Å²) in [6.07, 6.45) is 12.7. The molecule has 0 saturated heterocycles. The van der Waals surface area contributed by atoms with E-state index >= 15 is 0 Å². The first-order valence-electron chi connectivity index (χ1n) is 9.93. The quantitative estimate of drug-likeness (QED) is 0.642. The molecule has 3 heterocycles. The minimum atomic E-state index is -3.01. The van der Waals surface area contributed by atoms with Crippen LogP contribution in [0.4, 0.5) is 5.82 Å². The van der Waals surface area contributed by atoms with Gasteiger partial charge in [-0.2, -0.15) is 0 Å². The van der Waals surface area contributed by atoms with Gasteiger partial charge in [-0.05, 0) is 44.1 Å². The smallest absolute Gasteiger partial charge is 0.183 e. The fourth-order valence-electron chi connectivity index (χ4n) is 4.19. The summed E-state index contributed by atoms with van der Waals surface area (Å²) in [6, 6.07) is 0. The van der Waals surface area contributed by atoms with Crippen molar-refractivity contribution in [2.45, 2.75) is 38.5 Å². The second-order valence-electron chi connectivity index (χ2n) is 8.30. The van der Waals surface area contributed by atoms with E-state index in [1.54, 1.807) is 29.9 Å². The normalized spacial score (nSPS) is 17.8. The van der Waals surface area contributed by atoms with Gasteiger partial charge in [0.25, 0.3) is 0 Å². The first kappa shape index (κ1) is 18.9. The van der Waals surface area contributed by atoms with Gasteiger partial charge in [-0.25, -0.2) is 23.4 Å². The highest BCUT2D eigenvalue weighted by atomic mass is 32.2. The summed E-state index contributed by atoms with van der Waals surface area (Å²) >= 11 is 1.75. The van der Waals surface area contributed by atoms with E-state index in [1.807, 2.05) is 0 Å². The van der Waals surface area contributed by atoms with Crippen LogP contribution in [0.25, 0.3) is 21.7 Å². The number of aromatic nitrogens is 4. The van der Waals surface area contributed by atoms with Crippen LogP contribution < -0.4 is 5.32 Å². The summed E-state index contributed by atoms with van der Waals surface area (Å²) in [4.78, 5) is 20.5. The number of fused-ring (bicyclic) bond motifs is 3. The summed E-state index contributed by atoms with van der Waals surface area (Å²) in [5, 5.41) is 4.61. The molecule has 1 saturated carbocycles. The highest BCUT2D eigenvalue weighted by Gasteiger charge is 2.45. The lowest BCUT2D eigenvalue weighted by molar-refractivity contribution is 0.560. The number of anilines is 1. The molecule has 3 aromatic rings. The molecule has 29 heavy (non-hydrogen) atoms. The number of hydrogen-bond donors (Lipinski definition) is 1. The number of thiophene rings is 1. The molecule has 0 amide bonds. The van der Waals surface area contributed by atoms with E-state index in [0.717, 1.165) is 41.7 Å². The van der Waals surface area contributed by atoms with Gasteiger partial charge in [0, 0.05) is 35.5 Å². The van der Waals surface area contributed by atoms with Gasteiger partial charge in [0.15, 0.2) is 5.82 Å². The van der Waals surface area contributed by atoms with Crippen molar-refractivity contribution in [2.75, 3.05) is 23.9 Å². The van der Waals surface area contributed by atoms with Crippen molar-refractivity contribution in [3.63, 3.8) is 0 Å². The molecule has 9 heteroatoms. The van der Waals surface area contributed by atoms with Gasteiger partial charge in [-0.1, -0.05) is 0 Å². The maximum atomic E-state index is 11.8. The van der Waals surface area contributed by atoms with E-state index in [0.29, 0.717) is 18.1 Å². The van der Waals surface area contributed by atoms with Crippen molar-refractivity contribution >= 4 is 37.2 Å². The molecular formula is C20H23N5O2S2. The molecule has 1 N–H and O–H groups in total. The molecule has 0 aliphatic heterocycles. The highest BCUT2D eigenvalue weighted by molar-refractivity contribution is 7.90. The Hall–Kier alpha value is -2.13. The van der Waals surface area contributed by atoms with Crippen LogP contribution in [-0.4, -0.2) is 46.9 Å². The third-order valence-electron chi connectivity index (χ3n) is 5.76. The Labute approximate surface area is 174 Å². The summed E-state index contributed by atoms with van der Waals surface area (Å²) in [7, 11) is -3.01. The van der Waals surface area contributed by atoms with E-state index < -0.39 is 9.84 Å². The highest BCUT2D eigenvalue weighted by Crippen LogP contribution is 2.47. The Kier molecular flexibility index (Phi) is 4.54. The Morgan fingerprint density at radius 3 is 2.72 bits per heavy atom. The van der Waals surface area contributed by atoms with Crippen molar-refractivity contribution in [2.24, 2.45) is 5.41 Å². The van der Waals surface area contributed by atoms with Crippen LogP contribution in [0.1, 0.15) is 36.1 Å². The van der Waals surface area contributed by atoms with Gasteiger partial charge in [-0.15, -0.1) is 11.3 Å². The molecule has 0 aromatic carbocycles. The average Bonchev–Trinajstić information content (AvgIpc) is 3.34. The fourth-order valence-corrected chi connectivity index (χ4v) is 6.96. The lowest BCUT2D eigenvalue weighted by atomic mass is 9.97. The number of rotatable bonds is 6. The molecule has 5 rings (SSSR count). The average molecular weight is 430 g/mol. The van der Waals surface area contributed by atoms with Crippen LogP contribution >= 0.6 is 11.3 Å². The lowest BCUT2D eigenvalue weighted by Gasteiger charge is -2.17. The molecule has 152 valence electrons. The van der Waals surface area contributed by atoms with E-state index in [4.69, 9.17) is 9.97 Å². The van der Waals surface area contributed by atoms with Crippen molar-refractivity contribution in [1.29, 1.82) is 0 Å². The fraction of sp³-hybridized carbons (Fsp3) is 0.500. The van der Waals surface area contributed by atoms with Crippen LogP contribution in [0.5, 0.6) is 0 Å². The van der Waals surface area contributed by atoms with E-state index in [-0.39, 0.29) is 11.2 Å². The van der Waals surface area contributed by atoms with Gasteiger partial charge in [0.05, 0.1) is 17.3 Å². The van der Waals surface area contributed by atoms with E-state index in [1.165, 1.54) is 29.5 Å². The SMILES string of the molecule is CS(=O)(=O)CC1(CNc2nc(-c3cnccn3)nc3sc4c(c23)CCCC4)CC1. The van der Waals surface area contributed by atoms with Crippen molar-refractivity contribution in [1.82, 2.24) is 19.9 Å². The number of sulfone groups is 1. The number of aryl methyl sites for hydroxylation is 2. The molecule has 0 spiro atoms. The molecule has 1 fully saturated rings. The van der Waals surface area contributed by atoms with E-state index in [2.05, 4.69) is 15.3 Å². The number of hydrogen-bond acceptors (Lipinski definition) is 8. The monoisotopic (exact) mass is 429 g/mol. The zero-order valence-corrected chi connectivity index (χ0v) is 17.9. The van der Waals surface area contributed by atoms with E-state index in [9.17, 15) is 8.42 Å². The summed E-state index contributed by atoms with van der Waals surface area (Å²) in [5.74, 6) is 1.58. The number of nitrogens with one attached hydrogen (secondary N) is 1. The Bertz CT molecular complexity index is 1170. The van der Waals surface area contributed by atoms with Crippen molar-refractivity contribution in [3.05, 3.63) is 29.0 Å². The van der Waals surface area contributed by atoms with Crippen molar-refractivity contribution in [3.8, 4) is 11.5 Å². The molecule has 2 aliphatic carbocycles. The van der Waals surface area contributed by atoms with Gasteiger partial charge >= 0.3 is 0 Å². The van der Waals surface area contributed by atoms with Crippen LogP contribution in [0.3, 0.4) is 0 Å². The summed E-state index contributed by atoms with van der Waals surface area (Å²) in [6.45, 7) is 0.608. The molecule has 0 radical (unpaired) electrons. The molecular weight excluding hydrogens is 406 g/mol. The maximum Gasteiger partial charge on any atom is 0.183 e. The molecule has 0 unspecified atom stereocenters. The predicted octanol–water partition coefficient (Wildman–Crippen LogP) is 3.26. The molecule has 7 nitrogen and oxygen atoms in total. The molecule has 0 bridgehead atoms. The van der Waals surface area contributed by atoms with Crippen LogP contribution in [-0.2, 0) is 22.7 Å². The van der Waals surface area contributed by atoms with Crippen LogP contribution in [0.2, 0.25) is 0 Å². The van der Waals surface area contributed by atoms with Crippen molar-refractivity contribution < 1.29 is 8.42 Å². The standard InChI is InChI=1S/C20H23N5O2S2/c1-29(26,27)12-20(6-7-20)11-23-18-16-13-4-2-3-5-15(13)28-19(16)25-17(24-18)14-10-21-8-9-22-14/h8-10H,2-7,11-12H2,1H3,(H,23,24,25). The minimum absolute atomic E-state index is 0.173. The Morgan fingerprint density at radius 1 is 1.17 bits per heavy atom. The third-order valence-corrected chi connectivity index (χ3v) is 8.09. The maximum absolute atomic E-state index is 11.8. The zero-order valence-electron chi connectivity index (χ0n) is 16.3. The Morgan fingerprint density at radius 2 is 2.00 bits per heavy atom. The largest absolute Gasteiger partial charge is 0.369 e. The summed E-state index contributed by atoms with van der Waals surface area (Å²) in [5.41, 5.74) is 1.83. The third kappa shape index (κ3) is 3.85. The second-order valence-corrected chi connectivity index (χ2v) is 11.5. The Balaban J connectivity index is 1.56. The van der Waals surface area contributed by atoms with Crippen LogP contribution in [0, 0.1) is 5.41 Å².